The number of hydrogen-bond acceptors (Lipinski definition) is 5. The summed E-state index contributed by atoms with van der Waals surface area (Å²) in [6.45, 7) is 1.42. The SMILES string of the molecule is CS(=O)(=O)N1CCC2(O)CCN(C(=O)c3ccc(Cl)s3)CC2C1. The molecule has 2 aliphatic heterocycles. The molecule has 1 N–H and O–H groups in total. The van der Waals surface area contributed by atoms with Crippen LogP contribution in [0.1, 0.15) is 22.5 Å². The van der Waals surface area contributed by atoms with E-state index in [4.69, 9.17) is 11.6 Å². The van der Waals surface area contributed by atoms with Crippen molar-refractivity contribution in [3.63, 3.8) is 0 Å². The van der Waals surface area contributed by atoms with Gasteiger partial charge in [0.25, 0.3) is 5.91 Å². The van der Waals surface area contributed by atoms with Crippen molar-refractivity contribution in [3.05, 3.63) is 21.3 Å². The third-order valence-corrected chi connectivity index (χ3v) is 7.26. The maximum absolute atomic E-state index is 12.5. The first-order valence-corrected chi connectivity index (χ1v) is 10.5. The van der Waals surface area contributed by atoms with Crippen LogP contribution in [-0.4, -0.2) is 66.7 Å². The smallest absolute Gasteiger partial charge is 0.263 e. The molecule has 2 saturated heterocycles. The molecule has 9 heteroatoms. The Labute approximate surface area is 144 Å². The number of fused-ring (bicyclic) bond motifs is 1. The fourth-order valence-electron chi connectivity index (χ4n) is 3.34. The molecule has 0 aliphatic carbocycles. The van der Waals surface area contributed by atoms with Crippen molar-refractivity contribution in [3.8, 4) is 0 Å². The van der Waals surface area contributed by atoms with Gasteiger partial charge in [0.15, 0.2) is 0 Å². The molecular weight excluding hydrogens is 360 g/mol. The lowest BCUT2D eigenvalue weighted by Gasteiger charge is -2.49. The number of aliphatic hydroxyl groups is 1. The summed E-state index contributed by atoms with van der Waals surface area (Å²) in [4.78, 5) is 14.8. The molecule has 2 unspecified atom stereocenters. The molecule has 0 radical (unpaired) electrons. The zero-order valence-electron chi connectivity index (χ0n) is 12.7. The summed E-state index contributed by atoms with van der Waals surface area (Å²) in [6.07, 6.45) is 2.06. The van der Waals surface area contributed by atoms with Crippen LogP contribution in [0.2, 0.25) is 4.34 Å². The van der Waals surface area contributed by atoms with E-state index in [1.807, 2.05) is 0 Å². The number of amides is 1. The lowest BCUT2D eigenvalue weighted by molar-refractivity contribution is -0.0945. The number of carbonyl (C=O) groups is 1. The van der Waals surface area contributed by atoms with Crippen molar-refractivity contribution >= 4 is 38.9 Å². The van der Waals surface area contributed by atoms with Gasteiger partial charge in [-0.05, 0) is 25.0 Å². The molecule has 0 saturated carbocycles. The normalized spacial score (nSPS) is 29.3. The molecule has 3 heterocycles. The topological polar surface area (TPSA) is 77.9 Å². The second kappa shape index (κ2) is 6.00. The van der Waals surface area contributed by atoms with Gasteiger partial charge < -0.3 is 10.0 Å². The van der Waals surface area contributed by atoms with Crippen molar-refractivity contribution in [1.29, 1.82) is 0 Å². The highest BCUT2D eigenvalue weighted by Crippen LogP contribution is 2.37. The molecular formula is C14H19ClN2O4S2. The monoisotopic (exact) mass is 378 g/mol. The zero-order chi connectivity index (χ0) is 16.8. The highest BCUT2D eigenvalue weighted by atomic mass is 35.5. The Balaban J connectivity index is 1.75. The van der Waals surface area contributed by atoms with Crippen molar-refractivity contribution in [1.82, 2.24) is 9.21 Å². The van der Waals surface area contributed by atoms with Gasteiger partial charge in [-0.3, -0.25) is 4.79 Å². The predicted octanol–water partition coefficient (Wildman–Crippen LogP) is 1.26. The summed E-state index contributed by atoms with van der Waals surface area (Å²) in [5.74, 6) is -0.375. The van der Waals surface area contributed by atoms with Crippen LogP contribution in [0.25, 0.3) is 0 Å². The van der Waals surface area contributed by atoms with E-state index in [1.54, 1.807) is 17.0 Å². The maximum Gasteiger partial charge on any atom is 0.263 e. The number of thiophene rings is 1. The third kappa shape index (κ3) is 3.41. The van der Waals surface area contributed by atoms with Gasteiger partial charge in [-0.15, -0.1) is 11.3 Å². The van der Waals surface area contributed by atoms with Gasteiger partial charge in [0.05, 0.1) is 21.1 Å². The number of carbonyl (C=O) groups excluding carboxylic acids is 1. The molecule has 0 aromatic carbocycles. The standard InChI is InChI=1S/C14H19ClN2O4S2/c1-23(20,21)17-7-5-14(19)4-6-16(8-10(14)9-17)13(18)11-2-3-12(15)22-11/h2-3,10,19H,4-9H2,1H3. The average Bonchev–Trinajstić information content (AvgIpc) is 2.90. The summed E-state index contributed by atoms with van der Waals surface area (Å²) in [5, 5.41) is 10.8. The molecule has 23 heavy (non-hydrogen) atoms. The van der Waals surface area contributed by atoms with Gasteiger partial charge in [0, 0.05) is 32.1 Å². The quantitative estimate of drug-likeness (QED) is 0.840. The molecule has 3 rings (SSSR count). The van der Waals surface area contributed by atoms with E-state index >= 15 is 0 Å². The molecule has 6 nitrogen and oxygen atoms in total. The number of rotatable bonds is 2. The van der Waals surface area contributed by atoms with Crippen LogP contribution < -0.4 is 0 Å². The van der Waals surface area contributed by atoms with E-state index in [1.165, 1.54) is 21.9 Å². The number of piperidine rings is 2. The van der Waals surface area contributed by atoms with Gasteiger partial charge in [-0.25, -0.2) is 12.7 Å². The summed E-state index contributed by atoms with van der Waals surface area (Å²) in [6, 6.07) is 3.38. The summed E-state index contributed by atoms with van der Waals surface area (Å²) >= 11 is 7.11. The minimum Gasteiger partial charge on any atom is -0.389 e. The molecule has 0 bridgehead atoms. The first-order valence-electron chi connectivity index (χ1n) is 7.41. The van der Waals surface area contributed by atoms with E-state index in [2.05, 4.69) is 0 Å². The number of nitrogens with zero attached hydrogens (tertiary/aromatic N) is 2. The highest BCUT2D eigenvalue weighted by molar-refractivity contribution is 7.88. The average molecular weight is 379 g/mol. The number of halogens is 1. The van der Waals surface area contributed by atoms with Crippen molar-refractivity contribution < 1.29 is 18.3 Å². The van der Waals surface area contributed by atoms with E-state index < -0.39 is 15.6 Å². The van der Waals surface area contributed by atoms with Crippen LogP contribution in [0.5, 0.6) is 0 Å². The first kappa shape index (κ1) is 17.2. The molecule has 128 valence electrons. The Hall–Kier alpha value is -0.670. The minimum absolute atomic E-state index is 0.111. The Morgan fingerprint density at radius 1 is 1.35 bits per heavy atom. The molecule has 2 atom stereocenters. The zero-order valence-corrected chi connectivity index (χ0v) is 15.1. The molecule has 1 aromatic rings. The van der Waals surface area contributed by atoms with E-state index in [0.717, 1.165) is 0 Å². The van der Waals surface area contributed by atoms with Gasteiger partial charge in [-0.1, -0.05) is 11.6 Å². The first-order chi connectivity index (χ1) is 10.7. The van der Waals surface area contributed by atoms with Crippen molar-refractivity contribution in [2.75, 3.05) is 32.4 Å². The highest BCUT2D eigenvalue weighted by Gasteiger charge is 2.47. The van der Waals surface area contributed by atoms with E-state index in [9.17, 15) is 18.3 Å². The Morgan fingerprint density at radius 3 is 2.65 bits per heavy atom. The van der Waals surface area contributed by atoms with Gasteiger partial charge in [0.2, 0.25) is 10.0 Å². The second-order valence-electron chi connectivity index (χ2n) is 6.28. The minimum atomic E-state index is -3.29. The fourth-order valence-corrected chi connectivity index (χ4v) is 5.23. The molecule has 2 fully saturated rings. The summed E-state index contributed by atoms with van der Waals surface area (Å²) in [5.41, 5.74) is -0.884. The van der Waals surface area contributed by atoms with Crippen molar-refractivity contribution in [2.24, 2.45) is 5.92 Å². The third-order valence-electron chi connectivity index (χ3n) is 4.77. The van der Waals surface area contributed by atoms with Crippen LogP contribution >= 0.6 is 22.9 Å². The molecule has 2 aliphatic rings. The van der Waals surface area contributed by atoms with E-state index in [0.29, 0.717) is 41.7 Å². The van der Waals surface area contributed by atoms with E-state index in [-0.39, 0.29) is 18.4 Å². The summed E-state index contributed by atoms with van der Waals surface area (Å²) < 4.78 is 25.5. The number of likely N-dealkylation sites (tertiary alicyclic amines) is 1. The number of hydrogen-bond donors (Lipinski definition) is 1. The predicted molar refractivity (Wildman–Crippen MR) is 89.3 cm³/mol. The lowest BCUT2D eigenvalue weighted by atomic mass is 9.76. The largest absolute Gasteiger partial charge is 0.389 e. The summed E-state index contributed by atoms with van der Waals surface area (Å²) in [7, 11) is -3.29. The van der Waals surface area contributed by atoms with Crippen LogP contribution in [0.4, 0.5) is 0 Å². The number of sulfonamides is 1. The Bertz CT molecular complexity index is 720. The van der Waals surface area contributed by atoms with Gasteiger partial charge in [0.1, 0.15) is 0 Å². The molecule has 1 amide bonds. The van der Waals surface area contributed by atoms with Gasteiger partial charge in [-0.2, -0.15) is 0 Å². The van der Waals surface area contributed by atoms with Crippen molar-refractivity contribution in [2.45, 2.75) is 18.4 Å². The maximum atomic E-state index is 12.5. The lowest BCUT2D eigenvalue weighted by Crippen LogP contribution is -2.61. The van der Waals surface area contributed by atoms with Crippen LogP contribution in [-0.2, 0) is 10.0 Å². The fraction of sp³-hybridized carbons (Fsp3) is 0.643. The van der Waals surface area contributed by atoms with Crippen LogP contribution in [0, 0.1) is 5.92 Å². The van der Waals surface area contributed by atoms with Crippen LogP contribution in [0.3, 0.4) is 0 Å². The second-order valence-corrected chi connectivity index (χ2v) is 9.97. The van der Waals surface area contributed by atoms with Crippen LogP contribution in [0.15, 0.2) is 12.1 Å². The molecule has 0 spiro atoms. The Kier molecular flexibility index (Phi) is 4.48. The molecule has 1 aromatic heterocycles. The Morgan fingerprint density at radius 2 is 2.04 bits per heavy atom. The van der Waals surface area contributed by atoms with Gasteiger partial charge >= 0.3 is 0 Å².